The van der Waals surface area contributed by atoms with Gasteiger partial charge in [0.15, 0.2) is 0 Å². The van der Waals surface area contributed by atoms with E-state index in [1.54, 1.807) is 0 Å². The van der Waals surface area contributed by atoms with Crippen molar-refractivity contribution in [2.45, 2.75) is 57.2 Å². The fraction of sp³-hybridized carbons (Fsp3) is 0.765. The molecule has 0 bridgehead atoms. The van der Waals surface area contributed by atoms with Crippen LogP contribution in [0.1, 0.15) is 44.9 Å². The van der Waals surface area contributed by atoms with Gasteiger partial charge in [-0.3, -0.25) is 0 Å². The SMILES string of the molecule is C#CCCCCOC[C@@H]1C[C@H](OCCCCC#C)CO1. The Morgan fingerprint density at radius 2 is 1.70 bits per heavy atom. The zero-order valence-electron chi connectivity index (χ0n) is 12.3. The average Bonchev–Trinajstić information content (AvgIpc) is 2.90. The van der Waals surface area contributed by atoms with E-state index in [0.29, 0.717) is 13.2 Å². The van der Waals surface area contributed by atoms with Crippen LogP contribution in [0.15, 0.2) is 0 Å². The lowest BCUT2D eigenvalue weighted by atomic mass is 10.2. The summed E-state index contributed by atoms with van der Waals surface area (Å²) in [5, 5.41) is 0. The molecule has 0 unspecified atom stereocenters. The zero-order valence-corrected chi connectivity index (χ0v) is 12.3. The lowest BCUT2D eigenvalue weighted by Gasteiger charge is -2.11. The number of terminal acetylenes is 2. The third kappa shape index (κ3) is 8.23. The van der Waals surface area contributed by atoms with E-state index in [9.17, 15) is 0 Å². The number of hydrogen-bond donors (Lipinski definition) is 0. The van der Waals surface area contributed by atoms with Crippen LogP contribution in [0.2, 0.25) is 0 Å². The summed E-state index contributed by atoms with van der Waals surface area (Å²) in [5.41, 5.74) is 0. The van der Waals surface area contributed by atoms with Gasteiger partial charge >= 0.3 is 0 Å². The standard InChI is InChI=1S/C17H26O3/c1-3-5-7-9-11-18-14-16-13-17(15-20-16)19-12-10-8-6-4-2/h1-2,16-17H,5-15H2/t16-,17-/m0/s1. The molecule has 2 atom stereocenters. The minimum atomic E-state index is 0.179. The molecule has 0 spiro atoms. The Bertz CT molecular complexity index is 313. The highest BCUT2D eigenvalue weighted by Gasteiger charge is 2.25. The molecule has 0 aromatic carbocycles. The number of ether oxygens (including phenoxy) is 3. The summed E-state index contributed by atoms with van der Waals surface area (Å²) in [6.07, 6.45) is 17.5. The molecule has 1 saturated heterocycles. The first kappa shape index (κ1) is 17.1. The molecule has 3 nitrogen and oxygen atoms in total. The first-order valence-corrected chi connectivity index (χ1v) is 7.54. The van der Waals surface area contributed by atoms with Crippen molar-refractivity contribution in [2.24, 2.45) is 0 Å². The van der Waals surface area contributed by atoms with Crippen LogP contribution in [0.4, 0.5) is 0 Å². The van der Waals surface area contributed by atoms with Gasteiger partial charge < -0.3 is 14.2 Å². The maximum atomic E-state index is 5.77. The molecule has 0 saturated carbocycles. The summed E-state index contributed by atoms with van der Waals surface area (Å²) < 4.78 is 17.0. The Labute approximate surface area is 123 Å². The summed E-state index contributed by atoms with van der Waals surface area (Å²) in [7, 11) is 0. The van der Waals surface area contributed by atoms with Crippen LogP contribution in [0.5, 0.6) is 0 Å². The van der Waals surface area contributed by atoms with Gasteiger partial charge in [-0.1, -0.05) is 0 Å². The summed E-state index contributed by atoms with van der Waals surface area (Å²) in [5.74, 6) is 5.27. The second kappa shape index (κ2) is 11.8. The van der Waals surface area contributed by atoms with Gasteiger partial charge in [-0.15, -0.1) is 24.7 Å². The molecular weight excluding hydrogens is 252 g/mol. The second-order valence-electron chi connectivity index (χ2n) is 5.08. The minimum Gasteiger partial charge on any atom is -0.379 e. The van der Waals surface area contributed by atoms with Crippen LogP contribution in [-0.2, 0) is 14.2 Å². The lowest BCUT2D eigenvalue weighted by Crippen LogP contribution is -2.17. The van der Waals surface area contributed by atoms with Gasteiger partial charge in [-0.2, -0.15) is 0 Å². The van der Waals surface area contributed by atoms with Crippen LogP contribution in [0.3, 0.4) is 0 Å². The Morgan fingerprint density at radius 1 is 1.00 bits per heavy atom. The van der Waals surface area contributed by atoms with Crippen molar-refractivity contribution >= 4 is 0 Å². The van der Waals surface area contributed by atoms with E-state index >= 15 is 0 Å². The maximum absolute atomic E-state index is 5.77. The fourth-order valence-electron chi connectivity index (χ4n) is 2.13. The van der Waals surface area contributed by atoms with Gasteiger partial charge in [0.1, 0.15) is 0 Å². The summed E-state index contributed by atoms with van der Waals surface area (Å²) in [4.78, 5) is 0. The van der Waals surface area contributed by atoms with Crippen LogP contribution in [0, 0.1) is 24.7 Å². The third-order valence-corrected chi connectivity index (χ3v) is 3.28. The Balaban J connectivity index is 1.92. The molecule has 1 aliphatic heterocycles. The van der Waals surface area contributed by atoms with E-state index < -0.39 is 0 Å². The predicted molar refractivity (Wildman–Crippen MR) is 80.3 cm³/mol. The molecule has 3 heteroatoms. The lowest BCUT2D eigenvalue weighted by molar-refractivity contribution is 0.00810. The number of rotatable bonds is 11. The molecule has 0 aliphatic carbocycles. The number of hydrogen-bond acceptors (Lipinski definition) is 3. The van der Waals surface area contributed by atoms with Crippen molar-refractivity contribution in [1.82, 2.24) is 0 Å². The average molecular weight is 278 g/mol. The molecular formula is C17H26O3. The van der Waals surface area contributed by atoms with Crippen LogP contribution in [-0.4, -0.2) is 38.6 Å². The second-order valence-corrected chi connectivity index (χ2v) is 5.08. The van der Waals surface area contributed by atoms with E-state index in [1.165, 1.54) is 0 Å². The van der Waals surface area contributed by atoms with Crippen LogP contribution < -0.4 is 0 Å². The summed E-state index contributed by atoms with van der Waals surface area (Å²) >= 11 is 0. The molecule has 112 valence electrons. The van der Waals surface area contributed by atoms with Crippen molar-refractivity contribution in [1.29, 1.82) is 0 Å². The smallest absolute Gasteiger partial charge is 0.0835 e. The van der Waals surface area contributed by atoms with E-state index in [2.05, 4.69) is 11.8 Å². The van der Waals surface area contributed by atoms with Gasteiger partial charge in [0.05, 0.1) is 25.4 Å². The van der Waals surface area contributed by atoms with Gasteiger partial charge in [0, 0.05) is 32.5 Å². The minimum absolute atomic E-state index is 0.179. The highest BCUT2D eigenvalue weighted by atomic mass is 16.6. The highest BCUT2D eigenvalue weighted by molar-refractivity contribution is 4.83. The molecule has 1 heterocycles. The first-order chi connectivity index (χ1) is 9.86. The van der Waals surface area contributed by atoms with Crippen molar-refractivity contribution in [3.63, 3.8) is 0 Å². The van der Waals surface area contributed by atoms with Crippen molar-refractivity contribution in [3.05, 3.63) is 0 Å². The van der Waals surface area contributed by atoms with Crippen LogP contribution in [0.25, 0.3) is 0 Å². The molecule has 0 aromatic heterocycles. The monoisotopic (exact) mass is 278 g/mol. The Morgan fingerprint density at radius 3 is 2.40 bits per heavy atom. The van der Waals surface area contributed by atoms with E-state index in [-0.39, 0.29) is 12.2 Å². The van der Waals surface area contributed by atoms with E-state index in [1.807, 2.05) is 0 Å². The van der Waals surface area contributed by atoms with Gasteiger partial charge in [0.2, 0.25) is 0 Å². The van der Waals surface area contributed by atoms with E-state index in [0.717, 1.165) is 58.2 Å². The molecule has 0 radical (unpaired) electrons. The largest absolute Gasteiger partial charge is 0.379 e. The zero-order chi connectivity index (χ0) is 14.5. The molecule has 0 N–H and O–H groups in total. The van der Waals surface area contributed by atoms with Crippen molar-refractivity contribution in [3.8, 4) is 24.7 Å². The molecule has 1 fully saturated rings. The summed E-state index contributed by atoms with van der Waals surface area (Å²) in [6, 6.07) is 0. The molecule has 20 heavy (non-hydrogen) atoms. The van der Waals surface area contributed by atoms with Crippen molar-refractivity contribution < 1.29 is 14.2 Å². The highest BCUT2D eigenvalue weighted by Crippen LogP contribution is 2.17. The third-order valence-electron chi connectivity index (χ3n) is 3.28. The molecule has 1 rings (SSSR count). The molecule has 0 aromatic rings. The van der Waals surface area contributed by atoms with E-state index in [4.69, 9.17) is 27.1 Å². The molecule has 0 amide bonds. The van der Waals surface area contributed by atoms with Gasteiger partial charge in [0.25, 0.3) is 0 Å². The Hall–Kier alpha value is -1.00. The number of unbranched alkanes of at least 4 members (excludes halogenated alkanes) is 4. The fourth-order valence-corrected chi connectivity index (χ4v) is 2.13. The summed E-state index contributed by atoms with van der Waals surface area (Å²) in [6.45, 7) is 2.88. The molecule has 1 aliphatic rings. The quantitative estimate of drug-likeness (QED) is 0.430. The first-order valence-electron chi connectivity index (χ1n) is 7.54. The maximum Gasteiger partial charge on any atom is 0.0835 e. The van der Waals surface area contributed by atoms with Gasteiger partial charge in [-0.25, -0.2) is 0 Å². The predicted octanol–water partition coefficient (Wildman–Crippen LogP) is 2.78. The van der Waals surface area contributed by atoms with Gasteiger partial charge in [-0.05, 0) is 25.7 Å². The normalized spacial score (nSPS) is 21.5. The van der Waals surface area contributed by atoms with Crippen molar-refractivity contribution in [2.75, 3.05) is 26.4 Å². The Kier molecular flexibility index (Phi) is 10.1. The topological polar surface area (TPSA) is 27.7 Å². The van der Waals surface area contributed by atoms with Crippen LogP contribution >= 0.6 is 0 Å².